The Morgan fingerprint density at radius 3 is 2.40 bits per heavy atom. The van der Waals surface area contributed by atoms with Crippen molar-refractivity contribution in [3.8, 4) is 0 Å². The number of hydrogen-bond acceptors (Lipinski definition) is 4. The first-order valence-corrected chi connectivity index (χ1v) is 7.54. The summed E-state index contributed by atoms with van der Waals surface area (Å²) < 4.78 is 0. The average molecular weight is 284 g/mol. The van der Waals surface area contributed by atoms with Crippen LogP contribution in [-0.4, -0.2) is 62.5 Å². The maximum absolute atomic E-state index is 11.6. The van der Waals surface area contributed by atoms with Crippen molar-refractivity contribution in [2.75, 3.05) is 45.8 Å². The number of nitrogens with one attached hydrogen (secondary N) is 3. The summed E-state index contributed by atoms with van der Waals surface area (Å²) in [5.74, 6) is 0.376. The van der Waals surface area contributed by atoms with E-state index < -0.39 is 0 Å². The van der Waals surface area contributed by atoms with Crippen LogP contribution in [0.1, 0.15) is 26.7 Å². The van der Waals surface area contributed by atoms with Crippen LogP contribution < -0.4 is 16.0 Å². The molecule has 1 rings (SSSR count). The summed E-state index contributed by atoms with van der Waals surface area (Å²) in [5, 5.41) is 8.95. The van der Waals surface area contributed by atoms with Gasteiger partial charge >= 0.3 is 0 Å². The Morgan fingerprint density at radius 2 is 1.75 bits per heavy atom. The summed E-state index contributed by atoms with van der Waals surface area (Å²) in [6, 6.07) is 0. The Kier molecular flexibility index (Phi) is 8.22. The maximum atomic E-state index is 11.6. The van der Waals surface area contributed by atoms with Gasteiger partial charge in [0.2, 0.25) is 11.8 Å². The normalized spacial score (nSPS) is 16.1. The molecule has 1 heterocycles. The van der Waals surface area contributed by atoms with Gasteiger partial charge in [-0.15, -0.1) is 0 Å². The molecule has 1 saturated heterocycles. The second-order valence-corrected chi connectivity index (χ2v) is 5.64. The lowest BCUT2D eigenvalue weighted by molar-refractivity contribution is -0.122. The van der Waals surface area contributed by atoms with E-state index in [-0.39, 0.29) is 11.8 Å². The van der Waals surface area contributed by atoms with Gasteiger partial charge in [-0.1, -0.05) is 13.8 Å². The van der Waals surface area contributed by atoms with Crippen molar-refractivity contribution in [1.82, 2.24) is 20.9 Å². The molecule has 0 aromatic carbocycles. The van der Waals surface area contributed by atoms with E-state index in [1.807, 2.05) is 13.8 Å². The van der Waals surface area contributed by atoms with Gasteiger partial charge in [0.1, 0.15) is 0 Å². The van der Waals surface area contributed by atoms with Gasteiger partial charge < -0.3 is 16.0 Å². The van der Waals surface area contributed by atoms with Crippen molar-refractivity contribution in [3.05, 3.63) is 0 Å². The van der Waals surface area contributed by atoms with Crippen molar-refractivity contribution < 1.29 is 9.59 Å². The van der Waals surface area contributed by atoms with Crippen LogP contribution in [0.4, 0.5) is 0 Å². The number of piperazine rings is 1. The molecule has 6 nitrogen and oxygen atoms in total. The molecule has 3 N–H and O–H groups in total. The molecule has 0 aromatic rings. The predicted octanol–water partition coefficient (Wildman–Crippen LogP) is -0.440. The Hall–Kier alpha value is -1.14. The molecule has 20 heavy (non-hydrogen) atoms. The van der Waals surface area contributed by atoms with E-state index in [1.165, 1.54) is 0 Å². The Morgan fingerprint density at radius 1 is 1.10 bits per heavy atom. The molecule has 0 spiro atoms. The molecule has 0 bridgehead atoms. The average Bonchev–Trinajstić information content (AvgIpc) is 2.39. The maximum Gasteiger partial charge on any atom is 0.221 e. The molecule has 0 aliphatic carbocycles. The standard InChI is InChI=1S/C14H28N4O2/c1-12(2)11-14(20)16-4-3-13(19)17-7-10-18-8-5-15-6-9-18/h12,15H,3-11H2,1-2H3,(H,16,20)(H,17,19). The summed E-state index contributed by atoms with van der Waals surface area (Å²) in [7, 11) is 0. The number of carbonyl (C=O) groups is 2. The van der Waals surface area contributed by atoms with Crippen LogP contribution in [0.15, 0.2) is 0 Å². The molecule has 1 aliphatic heterocycles. The van der Waals surface area contributed by atoms with E-state index in [1.54, 1.807) is 0 Å². The smallest absolute Gasteiger partial charge is 0.221 e. The Labute approximate surface area is 121 Å². The number of hydrogen-bond donors (Lipinski definition) is 3. The second kappa shape index (κ2) is 9.72. The molecule has 0 atom stereocenters. The van der Waals surface area contributed by atoms with Crippen LogP contribution in [0.5, 0.6) is 0 Å². The van der Waals surface area contributed by atoms with Crippen molar-refractivity contribution in [3.63, 3.8) is 0 Å². The number of amides is 2. The zero-order chi connectivity index (χ0) is 14.8. The van der Waals surface area contributed by atoms with E-state index in [9.17, 15) is 9.59 Å². The molecule has 1 aliphatic rings. The topological polar surface area (TPSA) is 73.5 Å². The minimum atomic E-state index is 0.00461. The highest BCUT2D eigenvalue weighted by molar-refractivity contribution is 5.78. The van der Waals surface area contributed by atoms with Crippen LogP contribution in [0.3, 0.4) is 0 Å². The van der Waals surface area contributed by atoms with E-state index in [0.717, 1.165) is 32.7 Å². The Bertz CT molecular complexity index is 302. The molecular weight excluding hydrogens is 256 g/mol. The number of rotatable bonds is 8. The summed E-state index contributed by atoms with van der Waals surface area (Å²) in [5.41, 5.74) is 0. The fourth-order valence-corrected chi connectivity index (χ4v) is 2.13. The van der Waals surface area contributed by atoms with Crippen LogP contribution >= 0.6 is 0 Å². The summed E-state index contributed by atoms with van der Waals surface area (Å²) >= 11 is 0. The van der Waals surface area contributed by atoms with Crippen LogP contribution in [-0.2, 0) is 9.59 Å². The fraction of sp³-hybridized carbons (Fsp3) is 0.857. The molecule has 0 saturated carbocycles. The molecule has 2 amide bonds. The lowest BCUT2D eigenvalue weighted by atomic mass is 10.1. The van der Waals surface area contributed by atoms with Crippen molar-refractivity contribution in [2.24, 2.45) is 5.92 Å². The second-order valence-electron chi connectivity index (χ2n) is 5.64. The molecule has 0 aromatic heterocycles. The first-order chi connectivity index (χ1) is 9.58. The van der Waals surface area contributed by atoms with E-state index >= 15 is 0 Å². The zero-order valence-electron chi connectivity index (χ0n) is 12.7. The number of carbonyl (C=O) groups excluding carboxylic acids is 2. The predicted molar refractivity (Wildman–Crippen MR) is 79.4 cm³/mol. The third-order valence-corrected chi connectivity index (χ3v) is 3.23. The third kappa shape index (κ3) is 8.12. The molecule has 1 fully saturated rings. The first kappa shape index (κ1) is 16.9. The van der Waals surface area contributed by atoms with Gasteiger partial charge in [-0.3, -0.25) is 14.5 Å². The minimum absolute atomic E-state index is 0.00461. The largest absolute Gasteiger partial charge is 0.356 e. The molecule has 0 unspecified atom stereocenters. The van der Waals surface area contributed by atoms with Crippen LogP contribution in [0.25, 0.3) is 0 Å². The summed E-state index contributed by atoms with van der Waals surface area (Å²) in [6.07, 6.45) is 0.871. The van der Waals surface area contributed by atoms with Gasteiger partial charge in [-0.25, -0.2) is 0 Å². The van der Waals surface area contributed by atoms with Gasteiger partial charge in [-0.2, -0.15) is 0 Å². The molecule has 0 radical (unpaired) electrons. The Balaban J connectivity index is 1.98. The van der Waals surface area contributed by atoms with Crippen LogP contribution in [0.2, 0.25) is 0 Å². The highest BCUT2D eigenvalue weighted by Gasteiger charge is 2.09. The van der Waals surface area contributed by atoms with E-state index in [0.29, 0.717) is 31.8 Å². The highest BCUT2D eigenvalue weighted by Crippen LogP contribution is 1.97. The molecular formula is C14H28N4O2. The number of nitrogens with zero attached hydrogens (tertiary/aromatic N) is 1. The first-order valence-electron chi connectivity index (χ1n) is 7.54. The quantitative estimate of drug-likeness (QED) is 0.565. The van der Waals surface area contributed by atoms with Crippen LogP contribution in [0, 0.1) is 5.92 Å². The van der Waals surface area contributed by atoms with Gasteiger partial charge in [-0.05, 0) is 5.92 Å². The monoisotopic (exact) mass is 284 g/mol. The lowest BCUT2D eigenvalue weighted by Crippen LogP contribution is -2.46. The van der Waals surface area contributed by atoms with Gasteiger partial charge in [0.15, 0.2) is 0 Å². The SMILES string of the molecule is CC(C)CC(=O)NCCC(=O)NCCN1CCNCC1. The van der Waals surface area contributed by atoms with E-state index in [2.05, 4.69) is 20.9 Å². The van der Waals surface area contributed by atoms with E-state index in [4.69, 9.17) is 0 Å². The van der Waals surface area contributed by atoms with Crippen molar-refractivity contribution in [2.45, 2.75) is 26.7 Å². The zero-order valence-corrected chi connectivity index (χ0v) is 12.7. The van der Waals surface area contributed by atoms with Gasteiger partial charge in [0.05, 0.1) is 0 Å². The summed E-state index contributed by atoms with van der Waals surface area (Å²) in [6.45, 7) is 10.1. The third-order valence-electron chi connectivity index (χ3n) is 3.23. The highest BCUT2D eigenvalue weighted by atomic mass is 16.2. The van der Waals surface area contributed by atoms with Gasteiger partial charge in [0, 0.05) is 58.7 Å². The summed E-state index contributed by atoms with van der Waals surface area (Å²) in [4.78, 5) is 25.3. The van der Waals surface area contributed by atoms with Crippen molar-refractivity contribution >= 4 is 11.8 Å². The van der Waals surface area contributed by atoms with Gasteiger partial charge in [0.25, 0.3) is 0 Å². The molecule has 6 heteroatoms. The molecule has 116 valence electrons. The lowest BCUT2D eigenvalue weighted by Gasteiger charge is -2.27. The minimum Gasteiger partial charge on any atom is -0.356 e. The fourth-order valence-electron chi connectivity index (χ4n) is 2.13. The van der Waals surface area contributed by atoms with Crippen molar-refractivity contribution in [1.29, 1.82) is 0 Å².